The highest BCUT2D eigenvalue weighted by atomic mass is 35.5. The summed E-state index contributed by atoms with van der Waals surface area (Å²) in [6.07, 6.45) is 4.67. The fourth-order valence-electron chi connectivity index (χ4n) is 3.33. The molecule has 0 aliphatic carbocycles. The lowest BCUT2D eigenvalue weighted by Crippen LogP contribution is -2.35. The quantitative estimate of drug-likeness (QED) is 0.283. The average molecular weight is 525 g/mol. The van der Waals surface area contributed by atoms with E-state index in [1.165, 1.54) is 25.4 Å². The van der Waals surface area contributed by atoms with Gasteiger partial charge in [-0.3, -0.25) is 9.88 Å². The monoisotopic (exact) mass is 524 g/mol. The topological polar surface area (TPSA) is 102 Å². The van der Waals surface area contributed by atoms with Crippen molar-refractivity contribution in [1.29, 1.82) is 0 Å². The lowest BCUT2D eigenvalue weighted by Gasteiger charge is -2.24. The first-order valence-corrected chi connectivity index (χ1v) is 11.5. The first-order valence-electron chi connectivity index (χ1n) is 10.7. The van der Waals surface area contributed by atoms with Crippen LogP contribution in [0.1, 0.15) is 5.56 Å². The number of methoxy groups -OCH3 is 2. The van der Waals surface area contributed by atoms with E-state index in [4.69, 9.17) is 32.7 Å². The van der Waals surface area contributed by atoms with E-state index in [1.54, 1.807) is 36.7 Å². The summed E-state index contributed by atoms with van der Waals surface area (Å²) in [4.78, 5) is 27.7. The molecule has 0 fully saturated rings. The first kappa shape index (κ1) is 25.0. The maximum atomic E-state index is 13.6. The van der Waals surface area contributed by atoms with Gasteiger partial charge >= 0.3 is 6.03 Å². The molecule has 36 heavy (non-hydrogen) atoms. The number of ether oxygens (including phenoxy) is 2. The molecule has 0 bridgehead atoms. The number of carbonyl (C=O) groups is 1. The summed E-state index contributed by atoms with van der Waals surface area (Å²) in [6.45, 7) is 0.187. The van der Waals surface area contributed by atoms with Crippen LogP contribution in [0.3, 0.4) is 0 Å². The second kappa shape index (κ2) is 11.6. The van der Waals surface area contributed by atoms with Gasteiger partial charge in [-0.2, -0.15) is 0 Å². The smallest absolute Gasteiger partial charge is 0.327 e. The molecule has 0 atom stereocenters. The lowest BCUT2D eigenvalue weighted by atomic mass is 10.2. The van der Waals surface area contributed by atoms with Crippen molar-refractivity contribution >= 4 is 52.2 Å². The van der Waals surface area contributed by atoms with Crippen LogP contribution in [0.2, 0.25) is 10.0 Å². The largest absolute Gasteiger partial charge is 0.495 e. The van der Waals surface area contributed by atoms with Crippen molar-refractivity contribution in [3.8, 4) is 11.5 Å². The molecule has 0 radical (unpaired) electrons. The summed E-state index contributed by atoms with van der Waals surface area (Å²) in [7, 11) is 2.91. The van der Waals surface area contributed by atoms with E-state index in [2.05, 4.69) is 25.6 Å². The molecule has 2 aromatic heterocycles. The fourth-order valence-corrected chi connectivity index (χ4v) is 3.93. The van der Waals surface area contributed by atoms with E-state index < -0.39 is 6.03 Å². The van der Waals surface area contributed by atoms with Crippen molar-refractivity contribution in [1.82, 2.24) is 15.0 Å². The predicted octanol–water partition coefficient (Wildman–Crippen LogP) is 6.18. The van der Waals surface area contributed by atoms with E-state index in [0.29, 0.717) is 23.1 Å². The van der Waals surface area contributed by atoms with Gasteiger partial charge in [0.1, 0.15) is 39.5 Å². The third-order valence-corrected chi connectivity index (χ3v) is 5.87. The number of halogens is 2. The Balaban J connectivity index is 1.69. The molecule has 2 N–H and O–H groups in total. The molecular weight excluding hydrogens is 503 g/mol. The van der Waals surface area contributed by atoms with Crippen LogP contribution in [-0.2, 0) is 6.54 Å². The Hall–Kier alpha value is -4.08. The zero-order valence-corrected chi connectivity index (χ0v) is 20.9. The van der Waals surface area contributed by atoms with Gasteiger partial charge < -0.3 is 20.1 Å². The van der Waals surface area contributed by atoms with Crippen molar-refractivity contribution in [2.75, 3.05) is 29.8 Å². The Morgan fingerprint density at radius 3 is 2.25 bits per heavy atom. The minimum absolute atomic E-state index is 0.134. The fraction of sp³-hybridized carbons (Fsp3) is 0.120. The van der Waals surface area contributed by atoms with Gasteiger partial charge in [0.2, 0.25) is 0 Å². The van der Waals surface area contributed by atoms with E-state index in [9.17, 15) is 4.79 Å². The number of anilines is 4. The molecule has 0 spiro atoms. The van der Waals surface area contributed by atoms with Crippen molar-refractivity contribution in [2.24, 2.45) is 0 Å². The number of urea groups is 1. The molecule has 0 aliphatic rings. The molecular formula is C25H22Cl2N6O3. The molecule has 2 aromatic carbocycles. The number of pyridine rings is 1. The van der Waals surface area contributed by atoms with Crippen LogP contribution >= 0.6 is 23.2 Å². The van der Waals surface area contributed by atoms with Crippen molar-refractivity contribution < 1.29 is 14.3 Å². The van der Waals surface area contributed by atoms with Gasteiger partial charge in [0.05, 0.1) is 26.5 Å². The molecule has 0 aliphatic heterocycles. The number of para-hydroxylation sites is 1. The number of nitrogens with zero attached hydrogens (tertiary/aromatic N) is 4. The SMILES string of the molecule is COc1cc(OC)c(Cl)c(NC(=O)N(Cc2ccncc2)c2cc(Nc3ccccc3)ncn2)c1Cl. The zero-order valence-electron chi connectivity index (χ0n) is 19.4. The van der Waals surface area contributed by atoms with Crippen molar-refractivity contribution in [2.45, 2.75) is 6.54 Å². The van der Waals surface area contributed by atoms with E-state index in [1.807, 2.05) is 30.3 Å². The first-order chi connectivity index (χ1) is 17.5. The highest BCUT2D eigenvalue weighted by Crippen LogP contribution is 2.44. The number of nitrogens with one attached hydrogen (secondary N) is 2. The van der Waals surface area contributed by atoms with Gasteiger partial charge in [-0.05, 0) is 29.8 Å². The Morgan fingerprint density at radius 2 is 1.61 bits per heavy atom. The van der Waals surface area contributed by atoms with Crippen molar-refractivity contribution in [3.63, 3.8) is 0 Å². The molecule has 4 rings (SSSR count). The second-order valence-corrected chi connectivity index (χ2v) is 8.16. The Kier molecular flexibility index (Phi) is 8.04. The van der Waals surface area contributed by atoms with E-state index in [-0.39, 0.29) is 22.3 Å². The summed E-state index contributed by atoms with van der Waals surface area (Å²) in [5.41, 5.74) is 1.82. The molecule has 184 valence electrons. The molecule has 9 nitrogen and oxygen atoms in total. The predicted molar refractivity (Wildman–Crippen MR) is 141 cm³/mol. The van der Waals surface area contributed by atoms with Crippen LogP contribution < -0.4 is 25.0 Å². The summed E-state index contributed by atoms with van der Waals surface area (Å²) >= 11 is 12.9. The average Bonchev–Trinajstić information content (AvgIpc) is 2.91. The molecule has 2 amide bonds. The van der Waals surface area contributed by atoms with Gasteiger partial charge in [-0.15, -0.1) is 0 Å². The molecule has 0 saturated heterocycles. The highest BCUT2D eigenvalue weighted by molar-refractivity contribution is 6.41. The van der Waals surface area contributed by atoms with Gasteiger partial charge in [-0.25, -0.2) is 14.8 Å². The van der Waals surface area contributed by atoms with Crippen LogP contribution in [0.5, 0.6) is 11.5 Å². The summed E-state index contributed by atoms with van der Waals surface area (Å²) < 4.78 is 10.6. The third-order valence-electron chi connectivity index (χ3n) is 5.12. The zero-order chi connectivity index (χ0) is 25.5. The molecule has 11 heteroatoms. The Labute approximate surface area is 218 Å². The van der Waals surface area contributed by atoms with Gasteiger partial charge in [0.15, 0.2) is 0 Å². The Morgan fingerprint density at radius 1 is 0.944 bits per heavy atom. The van der Waals surface area contributed by atoms with Gasteiger partial charge in [0, 0.05) is 30.2 Å². The van der Waals surface area contributed by atoms with Gasteiger partial charge in [0.25, 0.3) is 0 Å². The van der Waals surface area contributed by atoms with Crippen LogP contribution in [0.25, 0.3) is 0 Å². The van der Waals surface area contributed by atoms with Crippen molar-refractivity contribution in [3.05, 3.63) is 88.9 Å². The minimum atomic E-state index is -0.532. The molecule has 0 unspecified atom stereocenters. The standard InChI is InChI=1S/C25H22Cl2N6O3/c1-35-18-12-19(36-2)23(27)24(22(18)26)32-25(34)33(14-16-8-10-28-11-9-16)21-13-20(29-15-30-21)31-17-6-4-3-5-7-17/h3-13,15H,14H2,1-2H3,(H,32,34)(H,29,30,31). The third kappa shape index (κ3) is 5.76. The number of carbonyl (C=O) groups excluding carboxylic acids is 1. The normalized spacial score (nSPS) is 10.4. The van der Waals surface area contributed by atoms with Crippen LogP contribution in [0.15, 0.2) is 73.3 Å². The second-order valence-electron chi connectivity index (χ2n) is 7.41. The number of amides is 2. The van der Waals surface area contributed by atoms with Crippen LogP contribution in [-0.4, -0.2) is 35.2 Å². The molecule has 2 heterocycles. The van der Waals surface area contributed by atoms with Crippen LogP contribution in [0, 0.1) is 0 Å². The maximum Gasteiger partial charge on any atom is 0.327 e. The molecule has 0 saturated carbocycles. The van der Waals surface area contributed by atoms with E-state index >= 15 is 0 Å². The van der Waals surface area contributed by atoms with Gasteiger partial charge in [-0.1, -0.05) is 41.4 Å². The number of benzene rings is 2. The summed E-state index contributed by atoms with van der Waals surface area (Å²) in [5, 5.41) is 6.26. The molecule has 4 aromatic rings. The number of aromatic nitrogens is 3. The summed E-state index contributed by atoms with van der Waals surface area (Å²) in [6, 6.07) is 15.8. The Bertz CT molecular complexity index is 1310. The highest BCUT2D eigenvalue weighted by Gasteiger charge is 2.24. The van der Waals surface area contributed by atoms with Crippen LogP contribution in [0.4, 0.5) is 27.8 Å². The number of rotatable bonds is 8. The lowest BCUT2D eigenvalue weighted by molar-refractivity contribution is 0.256. The number of hydrogen-bond donors (Lipinski definition) is 2. The number of hydrogen-bond acceptors (Lipinski definition) is 7. The summed E-state index contributed by atoms with van der Waals surface area (Å²) in [5.74, 6) is 1.45. The minimum Gasteiger partial charge on any atom is -0.495 e. The maximum absolute atomic E-state index is 13.6. The van der Waals surface area contributed by atoms with E-state index in [0.717, 1.165) is 11.3 Å².